The molecule has 0 aliphatic carbocycles. The Morgan fingerprint density at radius 2 is 1.52 bits per heavy atom. The summed E-state index contributed by atoms with van der Waals surface area (Å²) in [6, 6.07) is 16.3. The average Bonchev–Trinajstić information content (AvgIpc) is 2.51. The van der Waals surface area contributed by atoms with E-state index in [2.05, 4.69) is 43.4 Å². The number of halogens is 1. The molecular weight excluding hydrogens is 308 g/mol. The minimum Gasteiger partial charge on any atom is -0.345 e. The molecule has 0 fully saturated rings. The Hall–Kier alpha value is -1.84. The SMILES string of the molecule is Cc1cccc(C(NC(=O)C(C)CN)c2cccc(C)c2)c1.Cl. The topological polar surface area (TPSA) is 55.1 Å². The number of nitrogens with two attached hydrogens (primary N) is 1. The molecule has 1 amide bonds. The summed E-state index contributed by atoms with van der Waals surface area (Å²) in [5, 5.41) is 3.14. The van der Waals surface area contributed by atoms with E-state index in [1.807, 2.05) is 31.2 Å². The second kappa shape index (κ2) is 8.70. The third kappa shape index (κ3) is 5.08. The van der Waals surface area contributed by atoms with Gasteiger partial charge in [0.05, 0.1) is 6.04 Å². The maximum absolute atomic E-state index is 12.3. The number of amides is 1. The van der Waals surface area contributed by atoms with Crippen LogP contribution in [0.25, 0.3) is 0 Å². The predicted octanol–water partition coefficient (Wildman–Crippen LogP) is 3.53. The zero-order chi connectivity index (χ0) is 16.1. The fourth-order valence-electron chi connectivity index (χ4n) is 2.45. The van der Waals surface area contributed by atoms with Gasteiger partial charge in [0.2, 0.25) is 5.91 Å². The molecule has 0 saturated carbocycles. The van der Waals surface area contributed by atoms with Gasteiger partial charge in [-0.15, -0.1) is 12.4 Å². The van der Waals surface area contributed by atoms with E-state index >= 15 is 0 Å². The van der Waals surface area contributed by atoms with Crippen molar-refractivity contribution in [2.24, 2.45) is 11.7 Å². The van der Waals surface area contributed by atoms with Gasteiger partial charge in [0.15, 0.2) is 0 Å². The number of rotatable bonds is 5. The molecule has 2 aromatic carbocycles. The molecular formula is C19H25ClN2O. The number of carbonyl (C=O) groups is 1. The molecule has 1 unspecified atom stereocenters. The lowest BCUT2D eigenvalue weighted by atomic mass is 9.95. The van der Waals surface area contributed by atoms with Crippen molar-refractivity contribution in [3.63, 3.8) is 0 Å². The lowest BCUT2D eigenvalue weighted by Gasteiger charge is -2.22. The summed E-state index contributed by atoms with van der Waals surface area (Å²) in [6.45, 7) is 6.31. The lowest BCUT2D eigenvalue weighted by molar-refractivity contribution is -0.124. The van der Waals surface area contributed by atoms with Gasteiger partial charge in [-0.05, 0) is 25.0 Å². The Bertz CT molecular complexity index is 612. The summed E-state index contributed by atoms with van der Waals surface area (Å²) in [6.07, 6.45) is 0. The Balaban J connectivity index is 0.00000264. The van der Waals surface area contributed by atoms with Crippen molar-refractivity contribution >= 4 is 18.3 Å². The molecule has 3 N–H and O–H groups in total. The van der Waals surface area contributed by atoms with Gasteiger partial charge in [0.25, 0.3) is 0 Å². The minimum atomic E-state index is -0.197. The van der Waals surface area contributed by atoms with Crippen LogP contribution in [0.4, 0.5) is 0 Å². The van der Waals surface area contributed by atoms with Crippen molar-refractivity contribution in [3.05, 3.63) is 70.8 Å². The standard InChI is InChI=1S/C19H24N2O.ClH/c1-13-6-4-8-16(10-13)18(21-19(22)15(3)12-20)17-9-5-7-14(2)11-17;/h4-11,15,18H,12,20H2,1-3H3,(H,21,22);1H. The Kier molecular flexibility index (Phi) is 7.27. The highest BCUT2D eigenvalue weighted by Crippen LogP contribution is 2.24. The van der Waals surface area contributed by atoms with Crippen LogP contribution in [0.2, 0.25) is 0 Å². The highest BCUT2D eigenvalue weighted by atomic mass is 35.5. The van der Waals surface area contributed by atoms with Gasteiger partial charge >= 0.3 is 0 Å². The van der Waals surface area contributed by atoms with Crippen LogP contribution < -0.4 is 11.1 Å². The van der Waals surface area contributed by atoms with Crippen molar-refractivity contribution in [1.29, 1.82) is 0 Å². The van der Waals surface area contributed by atoms with Crippen molar-refractivity contribution in [2.75, 3.05) is 6.54 Å². The molecule has 0 saturated heterocycles. The van der Waals surface area contributed by atoms with E-state index in [0.717, 1.165) is 11.1 Å². The number of hydrogen-bond donors (Lipinski definition) is 2. The number of hydrogen-bond acceptors (Lipinski definition) is 2. The smallest absolute Gasteiger partial charge is 0.224 e. The lowest BCUT2D eigenvalue weighted by Crippen LogP contribution is -2.36. The van der Waals surface area contributed by atoms with Crippen LogP contribution in [0.3, 0.4) is 0 Å². The highest BCUT2D eigenvalue weighted by Gasteiger charge is 2.20. The highest BCUT2D eigenvalue weighted by molar-refractivity contribution is 5.85. The van der Waals surface area contributed by atoms with Crippen molar-refractivity contribution in [3.8, 4) is 0 Å². The summed E-state index contributed by atoms with van der Waals surface area (Å²) in [5.41, 5.74) is 10.1. The van der Waals surface area contributed by atoms with Crippen LogP contribution in [0.1, 0.15) is 35.2 Å². The van der Waals surface area contributed by atoms with Gasteiger partial charge in [-0.25, -0.2) is 0 Å². The fourth-order valence-corrected chi connectivity index (χ4v) is 2.45. The minimum absolute atomic E-state index is 0. The summed E-state index contributed by atoms with van der Waals surface area (Å²) in [4.78, 5) is 12.3. The van der Waals surface area contributed by atoms with Crippen LogP contribution >= 0.6 is 12.4 Å². The van der Waals surface area contributed by atoms with Crippen LogP contribution in [0, 0.1) is 19.8 Å². The molecule has 2 rings (SSSR count). The van der Waals surface area contributed by atoms with Crippen LogP contribution in [-0.4, -0.2) is 12.5 Å². The molecule has 0 spiro atoms. The maximum atomic E-state index is 12.3. The Morgan fingerprint density at radius 1 is 1.04 bits per heavy atom. The summed E-state index contributed by atoms with van der Waals surface area (Å²) in [7, 11) is 0. The van der Waals surface area contributed by atoms with E-state index in [1.54, 1.807) is 0 Å². The monoisotopic (exact) mass is 332 g/mol. The summed E-state index contributed by atoms with van der Waals surface area (Å²) < 4.78 is 0. The molecule has 0 aliphatic rings. The van der Waals surface area contributed by atoms with E-state index in [0.29, 0.717) is 6.54 Å². The molecule has 0 heterocycles. The van der Waals surface area contributed by atoms with Gasteiger partial charge < -0.3 is 11.1 Å². The zero-order valence-corrected chi connectivity index (χ0v) is 14.7. The Labute approximate surface area is 144 Å². The first-order valence-electron chi connectivity index (χ1n) is 7.65. The van der Waals surface area contributed by atoms with Gasteiger partial charge in [0, 0.05) is 12.5 Å². The van der Waals surface area contributed by atoms with E-state index in [9.17, 15) is 4.79 Å². The van der Waals surface area contributed by atoms with Gasteiger partial charge in [0.1, 0.15) is 0 Å². The van der Waals surface area contributed by atoms with E-state index in [4.69, 9.17) is 5.73 Å². The van der Waals surface area contributed by atoms with Crippen molar-refractivity contribution in [1.82, 2.24) is 5.32 Å². The molecule has 23 heavy (non-hydrogen) atoms. The molecule has 124 valence electrons. The molecule has 4 heteroatoms. The molecule has 1 atom stereocenters. The number of nitrogens with one attached hydrogen (secondary N) is 1. The first kappa shape index (κ1) is 19.2. The third-order valence-electron chi connectivity index (χ3n) is 3.84. The van der Waals surface area contributed by atoms with Gasteiger partial charge in [-0.1, -0.05) is 66.6 Å². The van der Waals surface area contributed by atoms with Gasteiger partial charge in [-0.3, -0.25) is 4.79 Å². The first-order chi connectivity index (χ1) is 10.5. The summed E-state index contributed by atoms with van der Waals surface area (Å²) in [5.74, 6) is -0.215. The van der Waals surface area contributed by atoms with Crippen LogP contribution in [0.15, 0.2) is 48.5 Å². The molecule has 0 radical (unpaired) electrons. The number of aryl methyl sites for hydroxylation is 2. The van der Waals surface area contributed by atoms with Crippen LogP contribution in [-0.2, 0) is 4.79 Å². The van der Waals surface area contributed by atoms with E-state index in [-0.39, 0.29) is 30.3 Å². The van der Waals surface area contributed by atoms with Crippen LogP contribution in [0.5, 0.6) is 0 Å². The quantitative estimate of drug-likeness (QED) is 0.880. The first-order valence-corrected chi connectivity index (χ1v) is 7.65. The maximum Gasteiger partial charge on any atom is 0.224 e. The van der Waals surface area contributed by atoms with E-state index in [1.165, 1.54) is 11.1 Å². The Morgan fingerprint density at radius 3 is 1.91 bits per heavy atom. The predicted molar refractivity (Wildman–Crippen MR) is 97.8 cm³/mol. The van der Waals surface area contributed by atoms with Gasteiger partial charge in [-0.2, -0.15) is 0 Å². The van der Waals surface area contributed by atoms with Crippen molar-refractivity contribution in [2.45, 2.75) is 26.8 Å². The molecule has 0 bridgehead atoms. The zero-order valence-electron chi connectivity index (χ0n) is 13.9. The molecule has 0 aromatic heterocycles. The van der Waals surface area contributed by atoms with E-state index < -0.39 is 0 Å². The molecule has 3 nitrogen and oxygen atoms in total. The normalized spacial score (nSPS) is 11.7. The largest absolute Gasteiger partial charge is 0.345 e. The summed E-state index contributed by atoms with van der Waals surface area (Å²) >= 11 is 0. The number of carbonyl (C=O) groups excluding carboxylic acids is 1. The third-order valence-corrected chi connectivity index (χ3v) is 3.84. The second-order valence-electron chi connectivity index (χ2n) is 5.91. The fraction of sp³-hybridized carbons (Fsp3) is 0.316. The molecule has 0 aliphatic heterocycles. The second-order valence-corrected chi connectivity index (χ2v) is 5.91. The molecule has 2 aromatic rings. The number of benzene rings is 2. The van der Waals surface area contributed by atoms with Crippen molar-refractivity contribution < 1.29 is 4.79 Å². The average molecular weight is 333 g/mol.